The lowest BCUT2D eigenvalue weighted by Crippen LogP contribution is -2.08. The van der Waals surface area contributed by atoms with Crippen molar-refractivity contribution in [3.05, 3.63) is 71.5 Å². The van der Waals surface area contributed by atoms with Gasteiger partial charge >= 0.3 is 5.97 Å². The van der Waals surface area contributed by atoms with Crippen molar-refractivity contribution in [3.8, 4) is 5.75 Å². The summed E-state index contributed by atoms with van der Waals surface area (Å²) in [5.41, 5.74) is 2.73. The molecule has 0 radical (unpaired) electrons. The molecule has 0 heterocycles. The second-order valence-corrected chi connectivity index (χ2v) is 5.84. The molecule has 2 aromatic carbocycles. The molecule has 6 heteroatoms. The number of rotatable bonds is 10. The number of benzene rings is 2. The molecule has 148 valence electrons. The minimum atomic E-state index is -0.473. The zero-order valence-corrected chi connectivity index (χ0v) is 16.4. The molecule has 0 aromatic heterocycles. The Morgan fingerprint density at radius 2 is 1.93 bits per heavy atom. The van der Waals surface area contributed by atoms with E-state index in [1.165, 1.54) is 20.5 Å². The average Bonchev–Trinajstić information content (AvgIpc) is 2.74. The molecule has 0 bridgehead atoms. The lowest BCUT2D eigenvalue weighted by atomic mass is 10.0. The van der Waals surface area contributed by atoms with Crippen molar-refractivity contribution in [1.82, 2.24) is 0 Å². The summed E-state index contributed by atoms with van der Waals surface area (Å²) in [6.45, 7) is 2.89. The van der Waals surface area contributed by atoms with Crippen LogP contribution in [0.25, 0.3) is 5.57 Å². The Morgan fingerprint density at radius 1 is 1.11 bits per heavy atom. The van der Waals surface area contributed by atoms with Crippen LogP contribution < -0.4 is 4.74 Å². The van der Waals surface area contributed by atoms with Crippen LogP contribution in [0.4, 0.5) is 0 Å². The molecule has 28 heavy (non-hydrogen) atoms. The highest BCUT2D eigenvalue weighted by molar-refractivity contribution is 6.16. The Labute approximate surface area is 165 Å². The lowest BCUT2D eigenvalue weighted by molar-refractivity contribution is -0.133. The van der Waals surface area contributed by atoms with E-state index in [9.17, 15) is 4.79 Å². The SMILES string of the molecule is CCCON=Cc1cccc(OCc2ccccc2C(=COC)C(=O)OC)c1. The number of esters is 1. The quantitative estimate of drug-likeness (QED) is 0.154. The van der Waals surface area contributed by atoms with Gasteiger partial charge in [-0.1, -0.05) is 48.5 Å². The number of methoxy groups -OCH3 is 2. The van der Waals surface area contributed by atoms with Crippen LogP contribution in [-0.2, 0) is 25.7 Å². The van der Waals surface area contributed by atoms with Crippen molar-refractivity contribution in [3.63, 3.8) is 0 Å². The van der Waals surface area contributed by atoms with Gasteiger partial charge in [-0.25, -0.2) is 4.79 Å². The zero-order valence-electron chi connectivity index (χ0n) is 16.4. The van der Waals surface area contributed by atoms with E-state index >= 15 is 0 Å². The van der Waals surface area contributed by atoms with Crippen molar-refractivity contribution in [1.29, 1.82) is 0 Å². The van der Waals surface area contributed by atoms with Crippen LogP contribution in [0.2, 0.25) is 0 Å². The van der Waals surface area contributed by atoms with E-state index in [2.05, 4.69) is 5.16 Å². The highest BCUT2D eigenvalue weighted by Gasteiger charge is 2.16. The summed E-state index contributed by atoms with van der Waals surface area (Å²) in [4.78, 5) is 17.2. The number of carbonyl (C=O) groups is 1. The van der Waals surface area contributed by atoms with Gasteiger partial charge < -0.3 is 19.0 Å². The van der Waals surface area contributed by atoms with Gasteiger partial charge in [0.2, 0.25) is 0 Å². The number of nitrogens with zero attached hydrogens (tertiary/aromatic N) is 1. The Hall–Kier alpha value is -3.28. The highest BCUT2D eigenvalue weighted by atomic mass is 16.6. The first-order valence-corrected chi connectivity index (χ1v) is 8.97. The smallest absolute Gasteiger partial charge is 0.341 e. The molecule has 2 rings (SSSR count). The fraction of sp³-hybridized carbons (Fsp3) is 0.273. The molecule has 0 aliphatic carbocycles. The van der Waals surface area contributed by atoms with E-state index in [0.29, 0.717) is 23.5 Å². The Bertz CT molecular complexity index is 829. The molecule has 0 amide bonds. The van der Waals surface area contributed by atoms with Gasteiger partial charge in [0.25, 0.3) is 0 Å². The number of hydrogen-bond donors (Lipinski definition) is 0. The first kappa shape index (κ1) is 21.0. The average molecular weight is 383 g/mol. The summed E-state index contributed by atoms with van der Waals surface area (Å²) in [6.07, 6.45) is 3.93. The molecular weight excluding hydrogens is 358 g/mol. The van der Waals surface area contributed by atoms with Crippen molar-refractivity contribution >= 4 is 17.8 Å². The summed E-state index contributed by atoms with van der Waals surface area (Å²) in [6, 6.07) is 15.0. The molecule has 0 aliphatic heterocycles. The summed E-state index contributed by atoms with van der Waals surface area (Å²) in [5.74, 6) is 0.212. The number of oxime groups is 1. The molecule has 0 fully saturated rings. The van der Waals surface area contributed by atoms with E-state index < -0.39 is 5.97 Å². The third kappa shape index (κ3) is 6.16. The van der Waals surface area contributed by atoms with Crippen LogP contribution in [0.1, 0.15) is 30.0 Å². The van der Waals surface area contributed by atoms with Gasteiger partial charge in [0.15, 0.2) is 0 Å². The largest absolute Gasteiger partial charge is 0.503 e. The van der Waals surface area contributed by atoms with E-state index in [1.54, 1.807) is 6.21 Å². The molecule has 0 saturated carbocycles. The second-order valence-electron chi connectivity index (χ2n) is 5.84. The van der Waals surface area contributed by atoms with E-state index in [1.807, 2.05) is 55.5 Å². The molecule has 6 nitrogen and oxygen atoms in total. The summed E-state index contributed by atoms with van der Waals surface area (Å²) < 4.78 is 15.8. The zero-order chi connectivity index (χ0) is 20.2. The molecule has 2 aromatic rings. The van der Waals surface area contributed by atoms with Gasteiger partial charge in [0, 0.05) is 0 Å². The van der Waals surface area contributed by atoms with Crippen LogP contribution in [0.3, 0.4) is 0 Å². The van der Waals surface area contributed by atoms with Gasteiger partial charge in [-0.2, -0.15) is 0 Å². The van der Waals surface area contributed by atoms with Crippen molar-refractivity contribution in [2.75, 3.05) is 20.8 Å². The maximum atomic E-state index is 12.1. The molecule has 0 atom stereocenters. The van der Waals surface area contributed by atoms with Gasteiger partial charge in [-0.15, -0.1) is 0 Å². The van der Waals surface area contributed by atoms with Crippen LogP contribution in [0, 0.1) is 0 Å². The predicted octanol–water partition coefficient (Wildman–Crippen LogP) is 4.19. The van der Waals surface area contributed by atoms with Gasteiger partial charge in [-0.3, -0.25) is 0 Å². The highest BCUT2D eigenvalue weighted by Crippen LogP contribution is 2.23. The first-order chi connectivity index (χ1) is 13.7. The minimum Gasteiger partial charge on any atom is -0.503 e. The molecule has 0 aliphatic rings. The summed E-state index contributed by atoms with van der Waals surface area (Å²) in [5, 5.41) is 3.92. The van der Waals surface area contributed by atoms with E-state index in [0.717, 1.165) is 17.5 Å². The van der Waals surface area contributed by atoms with Crippen molar-refractivity contribution in [2.45, 2.75) is 20.0 Å². The van der Waals surface area contributed by atoms with Crippen LogP contribution in [0.15, 0.2) is 59.9 Å². The lowest BCUT2D eigenvalue weighted by Gasteiger charge is -2.13. The minimum absolute atomic E-state index is 0.279. The maximum absolute atomic E-state index is 12.1. The standard InChI is InChI=1S/C22H25NO5/c1-4-12-28-23-14-17-8-7-10-19(13-17)27-15-18-9-5-6-11-20(18)21(16-25-2)22(24)26-3/h5-11,13-14,16H,4,12,15H2,1-3H3. The molecule has 0 unspecified atom stereocenters. The third-order valence-electron chi connectivity index (χ3n) is 3.77. The Morgan fingerprint density at radius 3 is 2.68 bits per heavy atom. The normalized spacial score (nSPS) is 11.3. The van der Waals surface area contributed by atoms with Crippen molar-refractivity contribution < 1.29 is 23.8 Å². The van der Waals surface area contributed by atoms with Crippen LogP contribution in [-0.4, -0.2) is 33.0 Å². The number of hydrogen-bond acceptors (Lipinski definition) is 6. The van der Waals surface area contributed by atoms with Crippen molar-refractivity contribution in [2.24, 2.45) is 5.16 Å². The van der Waals surface area contributed by atoms with Crippen LogP contribution >= 0.6 is 0 Å². The third-order valence-corrected chi connectivity index (χ3v) is 3.77. The Balaban J connectivity index is 2.14. The predicted molar refractivity (Wildman–Crippen MR) is 108 cm³/mol. The monoisotopic (exact) mass is 383 g/mol. The fourth-order valence-corrected chi connectivity index (χ4v) is 2.45. The Kier molecular flexibility index (Phi) is 8.59. The summed E-state index contributed by atoms with van der Waals surface area (Å²) in [7, 11) is 2.82. The molecular formula is C22H25NO5. The molecule has 0 saturated heterocycles. The van der Waals surface area contributed by atoms with E-state index in [4.69, 9.17) is 19.0 Å². The van der Waals surface area contributed by atoms with Crippen LogP contribution in [0.5, 0.6) is 5.75 Å². The van der Waals surface area contributed by atoms with Gasteiger partial charge in [0.05, 0.1) is 26.7 Å². The van der Waals surface area contributed by atoms with Gasteiger partial charge in [-0.05, 0) is 35.2 Å². The molecule has 0 spiro atoms. The molecule has 0 N–H and O–H groups in total. The number of ether oxygens (including phenoxy) is 3. The second kappa shape index (κ2) is 11.4. The maximum Gasteiger partial charge on any atom is 0.341 e. The van der Waals surface area contributed by atoms with E-state index in [-0.39, 0.29) is 6.61 Å². The number of carbonyl (C=O) groups excluding carboxylic acids is 1. The van der Waals surface area contributed by atoms with Gasteiger partial charge in [0.1, 0.15) is 24.5 Å². The topological polar surface area (TPSA) is 66.3 Å². The first-order valence-electron chi connectivity index (χ1n) is 8.97. The fourth-order valence-electron chi connectivity index (χ4n) is 2.45. The summed E-state index contributed by atoms with van der Waals surface area (Å²) >= 11 is 0.